The van der Waals surface area contributed by atoms with Crippen molar-refractivity contribution in [3.05, 3.63) is 29.8 Å². The fourth-order valence-electron chi connectivity index (χ4n) is 1.30. The molecule has 0 aliphatic carbocycles. The average Bonchev–Trinajstić information content (AvgIpc) is 2.24. The van der Waals surface area contributed by atoms with Crippen LogP contribution >= 0.6 is 0 Å². The molecule has 2 N–H and O–H groups in total. The van der Waals surface area contributed by atoms with Crippen LogP contribution in [0.2, 0.25) is 0 Å². The van der Waals surface area contributed by atoms with Gasteiger partial charge in [-0.2, -0.15) is 0 Å². The number of rotatable bonds is 5. The summed E-state index contributed by atoms with van der Waals surface area (Å²) in [5, 5.41) is 2.79. The molecular formula is C12H18N2O3S. The van der Waals surface area contributed by atoms with Crippen molar-refractivity contribution in [3.8, 4) is 0 Å². The Kier molecular flexibility index (Phi) is 4.72. The van der Waals surface area contributed by atoms with E-state index in [0.29, 0.717) is 23.7 Å². The van der Waals surface area contributed by atoms with Crippen LogP contribution in [0, 0.1) is 5.92 Å². The zero-order chi connectivity index (χ0) is 13.8. The normalized spacial score (nSPS) is 11.3. The maximum absolute atomic E-state index is 11.7. The van der Waals surface area contributed by atoms with Gasteiger partial charge in [0.15, 0.2) is 0 Å². The van der Waals surface area contributed by atoms with Crippen molar-refractivity contribution in [2.45, 2.75) is 13.8 Å². The molecule has 0 aliphatic rings. The number of hydrogen-bond acceptors (Lipinski definition) is 3. The Hall–Kier alpha value is -1.56. The largest absolute Gasteiger partial charge is 0.352 e. The molecule has 0 unspecified atom stereocenters. The van der Waals surface area contributed by atoms with Gasteiger partial charge in [-0.25, -0.2) is 8.42 Å². The maximum atomic E-state index is 11.7. The number of carbonyl (C=O) groups is 1. The van der Waals surface area contributed by atoms with Crippen molar-refractivity contribution < 1.29 is 13.2 Å². The Morgan fingerprint density at radius 2 is 1.78 bits per heavy atom. The molecule has 1 aromatic carbocycles. The van der Waals surface area contributed by atoms with Crippen LogP contribution in [0.1, 0.15) is 24.2 Å². The average molecular weight is 270 g/mol. The third-order valence-electron chi connectivity index (χ3n) is 2.12. The number of carbonyl (C=O) groups excluding carboxylic acids is 1. The highest BCUT2D eigenvalue weighted by Gasteiger charge is 2.07. The Labute approximate surface area is 108 Å². The summed E-state index contributed by atoms with van der Waals surface area (Å²) in [5.41, 5.74) is 0.951. The molecule has 5 nitrogen and oxygen atoms in total. The van der Waals surface area contributed by atoms with E-state index >= 15 is 0 Å². The lowest BCUT2D eigenvalue weighted by Gasteiger charge is -2.08. The van der Waals surface area contributed by atoms with Gasteiger partial charge in [0.1, 0.15) is 0 Å². The highest BCUT2D eigenvalue weighted by Crippen LogP contribution is 2.10. The lowest BCUT2D eigenvalue weighted by molar-refractivity contribution is 0.0949. The van der Waals surface area contributed by atoms with Crippen molar-refractivity contribution in [1.29, 1.82) is 0 Å². The second kappa shape index (κ2) is 5.86. The van der Waals surface area contributed by atoms with Crippen LogP contribution in [0.5, 0.6) is 0 Å². The molecule has 0 saturated carbocycles. The van der Waals surface area contributed by atoms with E-state index in [1.54, 1.807) is 24.3 Å². The lowest BCUT2D eigenvalue weighted by Crippen LogP contribution is -2.27. The predicted molar refractivity (Wildman–Crippen MR) is 72.1 cm³/mol. The van der Waals surface area contributed by atoms with Gasteiger partial charge >= 0.3 is 0 Å². The van der Waals surface area contributed by atoms with Gasteiger partial charge in [0.2, 0.25) is 10.0 Å². The zero-order valence-corrected chi connectivity index (χ0v) is 11.5. The minimum atomic E-state index is -3.28. The van der Waals surface area contributed by atoms with Crippen molar-refractivity contribution >= 4 is 21.6 Å². The molecular weight excluding hydrogens is 252 g/mol. The van der Waals surface area contributed by atoms with Gasteiger partial charge < -0.3 is 5.32 Å². The predicted octanol–water partition coefficient (Wildman–Crippen LogP) is 1.44. The fraction of sp³-hybridized carbons (Fsp3) is 0.417. The summed E-state index contributed by atoms with van der Waals surface area (Å²) < 4.78 is 24.4. The van der Waals surface area contributed by atoms with E-state index in [9.17, 15) is 13.2 Å². The van der Waals surface area contributed by atoms with Gasteiger partial charge in [0.05, 0.1) is 6.26 Å². The summed E-state index contributed by atoms with van der Waals surface area (Å²) in [6.45, 7) is 4.64. The van der Waals surface area contributed by atoms with Gasteiger partial charge in [-0.05, 0) is 30.2 Å². The van der Waals surface area contributed by atoms with E-state index in [1.807, 2.05) is 13.8 Å². The van der Waals surface area contributed by atoms with E-state index < -0.39 is 10.0 Å². The smallest absolute Gasteiger partial charge is 0.251 e. The van der Waals surface area contributed by atoms with Crippen LogP contribution in [-0.4, -0.2) is 27.1 Å². The highest BCUT2D eigenvalue weighted by atomic mass is 32.2. The lowest BCUT2D eigenvalue weighted by atomic mass is 10.2. The monoisotopic (exact) mass is 270 g/mol. The molecule has 6 heteroatoms. The highest BCUT2D eigenvalue weighted by molar-refractivity contribution is 7.92. The van der Waals surface area contributed by atoms with E-state index in [-0.39, 0.29) is 5.91 Å². The zero-order valence-electron chi connectivity index (χ0n) is 10.7. The van der Waals surface area contributed by atoms with Crippen molar-refractivity contribution in [2.75, 3.05) is 17.5 Å². The molecule has 1 aromatic rings. The molecule has 0 bridgehead atoms. The third kappa shape index (κ3) is 5.18. The third-order valence-corrected chi connectivity index (χ3v) is 2.73. The van der Waals surface area contributed by atoms with Gasteiger partial charge in [-0.1, -0.05) is 13.8 Å². The Morgan fingerprint density at radius 3 is 2.22 bits per heavy atom. The molecule has 0 aliphatic heterocycles. The van der Waals surface area contributed by atoms with E-state index in [0.717, 1.165) is 6.26 Å². The van der Waals surface area contributed by atoms with E-state index in [2.05, 4.69) is 10.0 Å². The molecule has 0 fully saturated rings. The second-order valence-electron chi connectivity index (χ2n) is 4.56. The number of sulfonamides is 1. The first-order valence-electron chi connectivity index (χ1n) is 5.64. The van der Waals surface area contributed by atoms with Crippen molar-refractivity contribution in [3.63, 3.8) is 0 Å². The number of amides is 1. The van der Waals surface area contributed by atoms with Gasteiger partial charge in [0.25, 0.3) is 5.91 Å². The SMILES string of the molecule is CC(C)CNC(=O)c1ccc(NS(C)(=O)=O)cc1. The second-order valence-corrected chi connectivity index (χ2v) is 6.30. The Bertz CT molecular complexity index is 507. The molecule has 0 aromatic heterocycles. The minimum absolute atomic E-state index is 0.158. The first-order valence-corrected chi connectivity index (χ1v) is 7.53. The Morgan fingerprint density at radius 1 is 1.22 bits per heavy atom. The fourth-order valence-corrected chi connectivity index (χ4v) is 1.87. The number of nitrogens with one attached hydrogen (secondary N) is 2. The molecule has 1 rings (SSSR count). The summed E-state index contributed by atoms with van der Waals surface area (Å²) in [7, 11) is -3.28. The molecule has 18 heavy (non-hydrogen) atoms. The first kappa shape index (κ1) is 14.5. The van der Waals surface area contributed by atoms with Gasteiger partial charge in [0, 0.05) is 17.8 Å². The summed E-state index contributed by atoms with van der Waals surface area (Å²) in [5.74, 6) is 0.231. The molecule has 1 amide bonds. The topological polar surface area (TPSA) is 75.3 Å². The standard InChI is InChI=1S/C12H18N2O3S/c1-9(2)8-13-12(15)10-4-6-11(7-5-10)14-18(3,16)17/h4-7,9,14H,8H2,1-3H3,(H,13,15). The van der Waals surface area contributed by atoms with Gasteiger partial charge in [-0.15, -0.1) is 0 Å². The van der Waals surface area contributed by atoms with Crippen LogP contribution in [-0.2, 0) is 10.0 Å². The summed E-state index contributed by atoms with van der Waals surface area (Å²) in [6.07, 6.45) is 1.08. The molecule has 0 heterocycles. The van der Waals surface area contributed by atoms with Crippen molar-refractivity contribution in [2.24, 2.45) is 5.92 Å². The summed E-state index contributed by atoms with van der Waals surface area (Å²) in [4.78, 5) is 11.7. The number of benzene rings is 1. The first-order chi connectivity index (χ1) is 8.28. The van der Waals surface area contributed by atoms with E-state index in [1.165, 1.54) is 0 Å². The molecule has 0 atom stereocenters. The van der Waals surface area contributed by atoms with E-state index in [4.69, 9.17) is 0 Å². The summed E-state index contributed by atoms with van der Waals surface area (Å²) in [6, 6.07) is 6.29. The van der Waals surface area contributed by atoms with Crippen LogP contribution in [0.25, 0.3) is 0 Å². The van der Waals surface area contributed by atoms with Crippen LogP contribution in [0.4, 0.5) is 5.69 Å². The number of anilines is 1. The van der Waals surface area contributed by atoms with Crippen molar-refractivity contribution in [1.82, 2.24) is 5.32 Å². The minimum Gasteiger partial charge on any atom is -0.352 e. The quantitative estimate of drug-likeness (QED) is 0.850. The molecule has 0 radical (unpaired) electrons. The van der Waals surface area contributed by atoms with Crippen LogP contribution < -0.4 is 10.0 Å². The molecule has 0 saturated heterocycles. The van der Waals surface area contributed by atoms with Crippen LogP contribution in [0.15, 0.2) is 24.3 Å². The molecule has 0 spiro atoms. The molecule has 100 valence electrons. The Balaban J connectivity index is 2.68. The maximum Gasteiger partial charge on any atom is 0.251 e. The van der Waals surface area contributed by atoms with Gasteiger partial charge in [-0.3, -0.25) is 9.52 Å². The number of hydrogen-bond donors (Lipinski definition) is 2. The summed E-state index contributed by atoms with van der Waals surface area (Å²) >= 11 is 0. The van der Waals surface area contributed by atoms with Crippen LogP contribution in [0.3, 0.4) is 0 Å².